The maximum atomic E-state index is 9.48. The minimum atomic E-state index is -0.414. The van der Waals surface area contributed by atoms with Crippen molar-refractivity contribution in [1.82, 2.24) is 9.88 Å². The van der Waals surface area contributed by atoms with Crippen LogP contribution in [0, 0.1) is 0 Å². The maximum Gasteiger partial charge on any atom is 0.0789 e. The van der Waals surface area contributed by atoms with E-state index in [1.54, 1.807) is 0 Å². The summed E-state index contributed by atoms with van der Waals surface area (Å²) in [6.45, 7) is 2.86. The Morgan fingerprint density at radius 2 is 2.40 bits per heavy atom. The summed E-state index contributed by atoms with van der Waals surface area (Å²) >= 11 is 0. The van der Waals surface area contributed by atoms with Gasteiger partial charge in [0.25, 0.3) is 0 Å². The second-order valence-corrected chi connectivity index (χ2v) is 4.02. The smallest absolute Gasteiger partial charge is 0.0789 e. The molecular weight excluding hydrogens is 190 g/mol. The molecule has 0 amide bonds. The minimum absolute atomic E-state index is 0.330. The fraction of sp³-hybridized carbons (Fsp3) is 0.545. The zero-order valence-electron chi connectivity index (χ0n) is 8.76. The number of aliphatic hydroxyl groups excluding tert-OH is 1. The second kappa shape index (κ2) is 4.70. The first-order chi connectivity index (χ1) is 7.29. The Labute approximate surface area is 89.7 Å². The van der Waals surface area contributed by atoms with Crippen LogP contribution in [0.3, 0.4) is 0 Å². The van der Waals surface area contributed by atoms with E-state index in [2.05, 4.69) is 16.0 Å². The molecule has 1 aliphatic heterocycles. The molecule has 2 rings (SSSR count). The quantitative estimate of drug-likeness (QED) is 0.718. The molecule has 1 aromatic heterocycles. The van der Waals surface area contributed by atoms with Crippen molar-refractivity contribution in [3.63, 3.8) is 0 Å². The lowest BCUT2D eigenvalue weighted by molar-refractivity contribution is 0.111. The number of fused-ring (bicyclic) bond motifs is 1. The van der Waals surface area contributed by atoms with E-state index in [0.29, 0.717) is 13.1 Å². The van der Waals surface area contributed by atoms with Crippen LogP contribution in [0.25, 0.3) is 0 Å². The predicted molar refractivity (Wildman–Crippen MR) is 58.3 cm³/mol. The summed E-state index contributed by atoms with van der Waals surface area (Å²) in [6, 6.07) is 2.08. The summed E-state index contributed by atoms with van der Waals surface area (Å²) in [5.41, 5.74) is 8.04. The molecule has 0 aliphatic carbocycles. The summed E-state index contributed by atoms with van der Waals surface area (Å²) < 4.78 is 0. The van der Waals surface area contributed by atoms with Crippen molar-refractivity contribution >= 4 is 0 Å². The molecule has 1 aliphatic rings. The molecule has 1 atom stereocenters. The highest BCUT2D eigenvalue weighted by atomic mass is 16.3. The van der Waals surface area contributed by atoms with Crippen molar-refractivity contribution in [2.24, 2.45) is 5.73 Å². The van der Waals surface area contributed by atoms with E-state index in [1.165, 1.54) is 11.1 Å². The highest BCUT2D eigenvalue weighted by Gasteiger charge is 2.17. The monoisotopic (exact) mass is 207 g/mol. The summed E-state index contributed by atoms with van der Waals surface area (Å²) in [4.78, 5) is 6.34. The minimum Gasteiger partial charge on any atom is -0.390 e. The lowest BCUT2D eigenvalue weighted by atomic mass is 10.0. The second-order valence-electron chi connectivity index (χ2n) is 4.02. The third-order valence-corrected chi connectivity index (χ3v) is 2.84. The van der Waals surface area contributed by atoms with Gasteiger partial charge < -0.3 is 10.8 Å². The van der Waals surface area contributed by atoms with E-state index in [-0.39, 0.29) is 0 Å². The van der Waals surface area contributed by atoms with Gasteiger partial charge in [-0.1, -0.05) is 0 Å². The van der Waals surface area contributed by atoms with Crippen molar-refractivity contribution in [2.45, 2.75) is 19.1 Å². The van der Waals surface area contributed by atoms with E-state index in [0.717, 1.165) is 19.5 Å². The number of hydrogen-bond donors (Lipinski definition) is 2. The van der Waals surface area contributed by atoms with E-state index in [4.69, 9.17) is 5.73 Å². The number of rotatable bonds is 3. The van der Waals surface area contributed by atoms with Gasteiger partial charge in [0.2, 0.25) is 0 Å². The van der Waals surface area contributed by atoms with Crippen LogP contribution < -0.4 is 5.73 Å². The normalized spacial score (nSPS) is 18.5. The molecule has 0 spiro atoms. The Morgan fingerprint density at radius 1 is 1.53 bits per heavy atom. The molecule has 0 fully saturated rings. The summed E-state index contributed by atoms with van der Waals surface area (Å²) in [7, 11) is 0. The van der Waals surface area contributed by atoms with Gasteiger partial charge in [-0.25, -0.2) is 0 Å². The molecule has 0 aromatic carbocycles. The topological polar surface area (TPSA) is 62.4 Å². The summed E-state index contributed by atoms with van der Waals surface area (Å²) in [5.74, 6) is 0. The van der Waals surface area contributed by atoms with Crippen LogP contribution in [0.4, 0.5) is 0 Å². The lowest BCUT2D eigenvalue weighted by Gasteiger charge is -2.29. The van der Waals surface area contributed by atoms with Gasteiger partial charge in [0, 0.05) is 38.6 Å². The Kier molecular flexibility index (Phi) is 3.30. The summed E-state index contributed by atoms with van der Waals surface area (Å²) in [6.07, 6.45) is 4.37. The lowest BCUT2D eigenvalue weighted by Crippen LogP contribution is -2.39. The average molecular weight is 207 g/mol. The van der Waals surface area contributed by atoms with E-state index in [1.807, 2.05) is 12.4 Å². The van der Waals surface area contributed by atoms with Crippen molar-refractivity contribution in [1.29, 1.82) is 0 Å². The molecule has 0 unspecified atom stereocenters. The van der Waals surface area contributed by atoms with E-state index < -0.39 is 6.10 Å². The number of hydrogen-bond acceptors (Lipinski definition) is 4. The van der Waals surface area contributed by atoms with Crippen LogP contribution >= 0.6 is 0 Å². The van der Waals surface area contributed by atoms with Crippen LogP contribution in [0.15, 0.2) is 18.5 Å². The van der Waals surface area contributed by atoms with Crippen LogP contribution in [-0.4, -0.2) is 40.7 Å². The van der Waals surface area contributed by atoms with E-state index in [9.17, 15) is 5.11 Å². The Hall–Kier alpha value is -0.970. The maximum absolute atomic E-state index is 9.48. The first kappa shape index (κ1) is 10.5. The molecule has 4 nitrogen and oxygen atoms in total. The number of aliphatic hydroxyl groups is 1. The molecule has 15 heavy (non-hydrogen) atoms. The zero-order valence-corrected chi connectivity index (χ0v) is 8.76. The molecule has 3 N–H and O–H groups in total. The third kappa shape index (κ3) is 2.53. The van der Waals surface area contributed by atoms with Gasteiger partial charge in [0.1, 0.15) is 0 Å². The summed E-state index contributed by atoms with van der Waals surface area (Å²) in [5, 5.41) is 9.48. The highest BCUT2D eigenvalue weighted by molar-refractivity contribution is 5.25. The SMILES string of the molecule is NC[C@H](O)CN1CCc2ccncc2C1. The Balaban J connectivity index is 1.99. The molecular formula is C11H17N3O. The standard InChI is InChI=1S/C11H17N3O/c12-5-11(15)8-14-4-2-9-1-3-13-6-10(9)7-14/h1,3,6,11,15H,2,4-5,7-8,12H2/t11-/m0/s1. The number of nitrogens with two attached hydrogens (primary N) is 1. The largest absolute Gasteiger partial charge is 0.390 e. The first-order valence-electron chi connectivity index (χ1n) is 5.32. The molecule has 0 bridgehead atoms. The van der Waals surface area contributed by atoms with Gasteiger partial charge in [-0.15, -0.1) is 0 Å². The number of β-amino-alcohol motifs (C(OH)–C–C–N with tert-alkyl or cyclic N) is 1. The third-order valence-electron chi connectivity index (χ3n) is 2.84. The van der Waals surface area contributed by atoms with Crippen LogP contribution in [0.1, 0.15) is 11.1 Å². The van der Waals surface area contributed by atoms with Gasteiger partial charge in [-0.05, 0) is 23.6 Å². The predicted octanol–water partition coefficient (Wildman–Crippen LogP) is -0.241. The average Bonchev–Trinajstić information content (AvgIpc) is 2.29. The molecule has 2 heterocycles. The van der Waals surface area contributed by atoms with Crippen LogP contribution in [0.2, 0.25) is 0 Å². The number of aromatic nitrogens is 1. The van der Waals surface area contributed by atoms with Gasteiger partial charge in [0.15, 0.2) is 0 Å². The van der Waals surface area contributed by atoms with Gasteiger partial charge in [0.05, 0.1) is 6.10 Å². The van der Waals surface area contributed by atoms with Gasteiger partial charge >= 0.3 is 0 Å². The number of pyridine rings is 1. The van der Waals surface area contributed by atoms with Crippen LogP contribution in [0.5, 0.6) is 0 Å². The Bertz CT molecular complexity index is 329. The van der Waals surface area contributed by atoms with Crippen molar-refractivity contribution in [3.05, 3.63) is 29.6 Å². The van der Waals surface area contributed by atoms with Crippen molar-refractivity contribution < 1.29 is 5.11 Å². The molecule has 0 radical (unpaired) electrons. The van der Waals surface area contributed by atoms with E-state index >= 15 is 0 Å². The van der Waals surface area contributed by atoms with Crippen molar-refractivity contribution in [3.8, 4) is 0 Å². The molecule has 1 aromatic rings. The fourth-order valence-corrected chi connectivity index (χ4v) is 1.97. The molecule has 4 heteroatoms. The number of nitrogens with zero attached hydrogens (tertiary/aromatic N) is 2. The first-order valence-corrected chi connectivity index (χ1v) is 5.32. The van der Waals surface area contributed by atoms with Gasteiger partial charge in [-0.2, -0.15) is 0 Å². The molecule has 0 saturated heterocycles. The zero-order chi connectivity index (χ0) is 10.7. The molecule has 82 valence electrons. The highest BCUT2D eigenvalue weighted by Crippen LogP contribution is 2.17. The van der Waals surface area contributed by atoms with Gasteiger partial charge in [-0.3, -0.25) is 9.88 Å². The fourth-order valence-electron chi connectivity index (χ4n) is 1.97. The van der Waals surface area contributed by atoms with Crippen molar-refractivity contribution in [2.75, 3.05) is 19.6 Å². The Morgan fingerprint density at radius 3 is 3.20 bits per heavy atom. The van der Waals surface area contributed by atoms with Crippen LogP contribution in [-0.2, 0) is 13.0 Å². The molecule has 0 saturated carbocycles.